The second-order valence-electron chi connectivity index (χ2n) is 6.40. The largest absolute Gasteiger partial charge is 0.490 e. The monoisotopic (exact) mass is 342 g/mol. The number of aryl methyl sites for hydroxylation is 1. The molecule has 2 rings (SSSR count). The number of hydrogen-bond acceptors (Lipinski definition) is 4. The fourth-order valence-corrected chi connectivity index (χ4v) is 2.74. The highest BCUT2D eigenvalue weighted by molar-refractivity contribution is 6.31. The van der Waals surface area contributed by atoms with Gasteiger partial charge in [0, 0.05) is 18.2 Å². The smallest absolute Gasteiger partial charge is 0.123 e. The SMILES string of the molecule is Cc1cc(OCC(O)COC2CCOCC2)c(C(C)C)cc1Cl. The molecule has 1 saturated heterocycles. The van der Waals surface area contributed by atoms with Gasteiger partial charge in [0.15, 0.2) is 0 Å². The van der Waals surface area contributed by atoms with Crippen LogP contribution in [0, 0.1) is 6.92 Å². The molecule has 0 radical (unpaired) electrons. The van der Waals surface area contributed by atoms with Crippen LogP contribution in [0.5, 0.6) is 5.75 Å². The van der Waals surface area contributed by atoms with Crippen molar-refractivity contribution in [1.82, 2.24) is 0 Å². The lowest BCUT2D eigenvalue weighted by molar-refractivity contribution is -0.0659. The summed E-state index contributed by atoms with van der Waals surface area (Å²) in [4.78, 5) is 0. The zero-order valence-corrected chi connectivity index (χ0v) is 14.9. The van der Waals surface area contributed by atoms with Gasteiger partial charge in [0.2, 0.25) is 0 Å². The van der Waals surface area contributed by atoms with Gasteiger partial charge in [-0.05, 0) is 48.9 Å². The summed E-state index contributed by atoms with van der Waals surface area (Å²) in [7, 11) is 0. The number of aliphatic hydroxyl groups excluding tert-OH is 1. The van der Waals surface area contributed by atoms with Gasteiger partial charge in [-0.2, -0.15) is 0 Å². The summed E-state index contributed by atoms with van der Waals surface area (Å²) < 4.78 is 16.8. The Hall–Kier alpha value is -0.810. The van der Waals surface area contributed by atoms with Crippen LogP contribution in [0.4, 0.5) is 0 Å². The average molecular weight is 343 g/mol. The maximum absolute atomic E-state index is 10.1. The molecule has 23 heavy (non-hydrogen) atoms. The normalized spacial score (nSPS) is 17.5. The molecule has 1 N–H and O–H groups in total. The number of ether oxygens (including phenoxy) is 3. The Kier molecular flexibility index (Phi) is 7.15. The van der Waals surface area contributed by atoms with Crippen molar-refractivity contribution in [3.8, 4) is 5.75 Å². The number of hydrogen-bond donors (Lipinski definition) is 1. The first kappa shape index (κ1) is 18.5. The zero-order chi connectivity index (χ0) is 16.8. The fraction of sp³-hybridized carbons (Fsp3) is 0.667. The molecular weight excluding hydrogens is 316 g/mol. The predicted octanol–water partition coefficient (Wildman–Crippen LogP) is 3.71. The first-order valence-corrected chi connectivity index (χ1v) is 8.65. The standard InChI is InChI=1S/C18H27ClO4/c1-12(2)16-9-17(19)13(3)8-18(16)23-11-14(20)10-22-15-4-6-21-7-5-15/h8-9,12,14-15,20H,4-7,10-11H2,1-3H3. The van der Waals surface area contributed by atoms with Crippen LogP contribution in [0.1, 0.15) is 43.7 Å². The number of rotatable bonds is 7. The molecule has 1 aliphatic rings. The highest BCUT2D eigenvalue weighted by atomic mass is 35.5. The molecule has 0 aliphatic carbocycles. The summed E-state index contributed by atoms with van der Waals surface area (Å²) in [6.07, 6.45) is 1.32. The van der Waals surface area contributed by atoms with Gasteiger partial charge in [0.05, 0.1) is 12.7 Å². The van der Waals surface area contributed by atoms with Crippen LogP contribution >= 0.6 is 11.6 Å². The lowest BCUT2D eigenvalue weighted by Crippen LogP contribution is -2.30. The predicted molar refractivity (Wildman–Crippen MR) is 91.6 cm³/mol. The Labute approximate surface area is 143 Å². The van der Waals surface area contributed by atoms with Gasteiger partial charge < -0.3 is 19.3 Å². The average Bonchev–Trinajstić information content (AvgIpc) is 2.54. The molecule has 5 heteroatoms. The lowest BCUT2D eigenvalue weighted by atomic mass is 10.0. The van der Waals surface area contributed by atoms with Crippen LogP contribution in [-0.4, -0.2) is 43.7 Å². The number of halogens is 1. The molecule has 4 nitrogen and oxygen atoms in total. The second kappa shape index (κ2) is 8.88. The molecular formula is C18H27ClO4. The van der Waals surface area contributed by atoms with Crippen molar-refractivity contribution in [2.24, 2.45) is 0 Å². The molecule has 1 heterocycles. The van der Waals surface area contributed by atoms with Crippen LogP contribution < -0.4 is 4.74 Å². The molecule has 130 valence electrons. The molecule has 1 unspecified atom stereocenters. The summed E-state index contributed by atoms with van der Waals surface area (Å²) in [5.74, 6) is 1.09. The van der Waals surface area contributed by atoms with Crippen LogP contribution in [0.25, 0.3) is 0 Å². The van der Waals surface area contributed by atoms with Crippen molar-refractivity contribution in [2.75, 3.05) is 26.4 Å². The van der Waals surface area contributed by atoms with Crippen molar-refractivity contribution < 1.29 is 19.3 Å². The fourth-order valence-electron chi connectivity index (χ4n) is 2.57. The van der Waals surface area contributed by atoms with E-state index in [9.17, 15) is 5.11 Å². The molecule has 0 amide bonds. The van der Waals surface area contributed by atoms with Crippen molar-refractivity contribution in [1.29, 1.82) is 0 Å². The highest BCUT2D eigenvalue weighted by Crippen LogP contribution is 2.32. The van der Waals surface area contributed by atoms with Gasteiger partial charge in [0.1, 0.15) is 18.5 Å². The Morgan fingerprint density at radius 3 is 2.61 bits per heavy atom. The van der Waals surface area contributed by atoms with E-state index in [-0.39, 0.29) is 19.3 Å². The van der Waals surface area contributed by atoms with Gasteiger partial charge in [-0.15, -0.1) is 0 Å². The maximum Gasteiger partial charge on any atom is 0.123 e. The Bertz CT molecular complexity index is 498. The van der Waals surface area contributed by atoms with Crippen molar-refractivity contribution in [3.63, 3.8) is 0 Å². The van der Waals surface area contributed by atoms with Gasteiger partial charge in [-0.25, -0.2) is 0 Å². The van der Waals surface area contributed by atoms with Gasteiger partial charge >= 0.3 is 0 Å². The Morgan fingerprint density at radius 1 is 1.26 bits per heavy atom. The summed E-state index contributed by atoms with van der Waals surface area (Å²) in [6.45, 7) is 8.11. The summed E-state index contributed by atoms with van der Waals surface area (Å²) >= 11 is 6.19. The van der Waals surface area contributed by atoms with E-state index in [1.54, 1.807) is 0 Å². The van der Waals surface area contributed by atoms with Crippen molar-refractivity contribution in [2.45, 2.75) is 51.7 Å². The maximum atomic E-state index is 10.1. The quantitative estimate of drug-likeness (QED) is 0.820. The minimum absolute atomic E-state index is 0.183. The first-order valence-electron chi connectivity index (χ1n) is 8.27. The van der Waals surface area contributed by atoms with Crippen LogP contribution in [0.15, 0.2) is 12.1 Å². The van der Waals surface area contributed by atoms with Gasteiger partial charge in [-0.1, -0.05) is 25.4 Å². The minimum atomic E-state index is -0.645. The number of aliphatic hydroxyl groups is 1. The molecule has 0 aromatic heterocycles. The first-order chi connectivity index (χ1) is 11.0. The molecule has 0 bridgehead atoms. The van der Waals surface area contributed by atoms with Gasteiger partial charge in [0.25, 0.3) is 0 Å². The molecule has 1 aromatic rings. The third kappa shape index (κ3) is 5.64. The molecule has 0 saturated carbocycles. The highest BCUT2D eigenvalue weighted by Gasteiger charge is 2.17. The van der Waals surface area contributed by atoms with E-state index >= 15 is 0 Å². The lowest BCUT2D eigenvalue weighted by Gasteiger charge is -2.24. The molecule has 1 aromatic carbocycles. The summed E-state index contributed by atoms with van der Waals surface area (Å²) in [5.41, 5.74) is 2.03. The van der Waals surface area contributed by atoms with E-state index in [2.05, 4.69) is 13.8 Å². The van der Waals surface area contributed by atoms with E-state index < -0.39 is 6.10 Å². The Balaban J connectivity index is 1.85. The Morgan fingerprint density at radius 2 is 1.96 bits per heavy atom. The molecule has 0 spiro atoms. The second-order valence-corrected chi connectivity index (χ2v) is 6.81. The van der Waals surface area contributed by atoms with Crippen molar-refractivity contribution in [3.05, 3.63) is 28.3 Å². The third-order valence-corrected chi connectivity index (χ3v) is 4.44. The number of benzene rings is 1. The van der Waals surface area contributed by atoms with E-state index in [0.29, 0.717) is 5.92 Å². The van der Waals surface area contributed by atoms with E-state index in [1.807, 2.05) is 19.1 Å². The zero-order valence-electron chi connectivity index (χ0n) is 14.2. The van der Waals surface area contributed by atoms with E-state index in [4.69, 9.17) is 25.8 Å². The van der Waals surface area contributed by atoms with Crippen LogP contribution in [0.3, 0.4) is 0 Å². The topological polar surface area (TPSA) is 47.9 Å². The van der Waals surface area contributed by atoms with Crippen molar-refractivity contribution >= 4 is 11.6 Å². The summed E-state index contributed by atoms with van der Waals surface area (Å²) in [5, 5.41) is 10.8. The molecule has 1 fully saturated rings. The molecule has 1 aliphatic heterocycles. The molecule has 1 atom stereocenters. The van der Waals surface area contributed by atoms with Gasteiger partial charge in [-0.3, -0.25) is 0 Å². The van der Waals surface area contributed by atoms with E-state index in [0.717, 1.165) is 48.0 Å². The van der Waals surface area contributed by atoms with Crippen LogP contribution in [0.2, 0.25) is 5.02 Å². The minimum Gasteiger partial charge on any atom is -0.490 e. The summed E-state index contributed by atoms with van der Waals surface area (Å²) in [6, 6.07) is 3.88. The van der Waals surface area contributed by atoms with E-state index in [1.165, 1.54) is 0 Å². The third-order valence-electron chi connectivity index (χ3n) is 4.04. The van der Waals surface area contributed by atoms with Crippen LogP contribution in [-0.2, 0) is 9.47 Å².